The minimum absolute atomic E-state index is 0.0411. The van der Waals surface area contributed by atoms with Crippen LogP contribution in [0.15, 0.2) is 24.3 Å². The van der Waals surface area contributed by atoms with Crippen molar-refractivity contribution < 1.29 is 59.8 Å². The molecule has 2 aliphatic rings. The molecule has 176 valence electrons. The van der Waals surface area contributed by atoms with Gasteiger partial charge in [0.1, 0.15) is 54.6 Å². The van der Waals surface area contributed by atoms with Gasteiger partial charge in [0.2, 0.25) is 0 Å². The zero-order valence-corrected chi connectivity index (χ0v) is 16.4. The first kappa shape index (κ1) is 24.2. The van der Waals surface area contributed by atoms with Gasteiger partial charge in [-0.1, -0.05) is 18.2 Å². The van der Waals surface area contributed by atoms with Crippen molar-refractivity contribution in [1.29, 1.82) is 0 Å². The fourth-order valence-corrected chi connectivity index (χ4v) is 3.49. The Bertz CT molecular complexity index is 702. The van der Waals surface area contributed by atoms with Crippen LogP contribution in [0.5, 0.6) is 5.75 Å². The number of phenolic OH excluding ortho intramolecular Hbond substituents is 1. The molecule has 1 aromatic carbocycles. The van der Waals surface area contributed by atoms with Crippen molar-refractivity contribution in [2.45, 2.75) is 68.0 Å². The van der Waals surface area contributed by atoms with Crippen LogP contribution in [0.1, 0.15) is 5.56 Å². The molecule has 0 spiro atoms. The summed E-state index contributed by atoms with van der Waals surface area (Å²) in [7, 11) is 0. The van der Waals surface area contributed by atoms with Gasteiger partial charge in [0.25, 0.3) is 0 Å². The third kappa shape index (κ3) is 5.16. The zero-order valence-electron chi connectivity index (χ0n) is 16.4. The summed E-state index contributed by atoms with van der Waals surface area (Å²) in [5.41, 5.74) is 0.399. The molecule has 0 unspecified atom stereocenters. The van der Waals surface area contributed by atoms with Gasteiger partial charge in [-0.2, -0.15) is 0 Å². The van der Waals surface area contributed by atoms with E-state index in [-0.39, 0.29) is 12.4 Å². The minimum atomic E-state index is -1.76. The Morgan fingerprint density at radius 3 is 2.00 bits per heavy atom. The molecule has 0 radical (unpaired) electrons. The molecule has 3 rings (SSSR count). The van der Waals surface area contributed by atoms with Crippen LogP contribution < -0.4 is 0 Å². The Morgan fingerprint density at radius 1 is 0.742 bits per heavy atom. The smallest absolute Gasteiger partial charge is 0.187 e. The van der Waals surface area contributed by atoms with Crippen LogP contribution >= 0.6 is 0 Å². The standard InChI is InChI=1S/C19H28O12/c20-5-10-12(23)14(25)15(26)19(30-10)31-17-13(24)11(6-21)29-18(16(17)27)28-7-8-3-1-2-4-9(8)22/h1-4,10-27H,5-7H2/t10-,11-,12-,13-,14+,15-,16-,17+,18+,19-/m1/s1. The van der Waals surface area contributed by atoms with Crippen molar-refractivity contribution in [2.24, 2.45) is 0 Å². The van der Waals surface area contributed by atoms with Gasteiger partial charge in [-0.05, 0) is 6.07 Å². The predicted molar refractivity (Wildman–Crippen MR) is 99.3 cm³/mol. The van der Waals surface area contributed by atoms with Crippen LogP contribution in [-0.4, -0.2) is 115 Å². The summed E-state index contributed by atoms with van der Waals surface area (Å²) in [6.45, 7) is -1.51. The maximum absolute atomic E-state index is 10.6. The summed E-state index contributed by atoms with van der Waals surface area (Å²) < 4.78 is 21.6. The fourth-order valence-electron chi connectivity index (χ4n) is 3.49. The molecule has 2 fully saturated rings. The maximum atomic E-state index is 10.6. The van der Waals surface area contributed by atoms with E-state index in [1.165, 1.54) is 6.07 Å². The van der Waals surface area contributed by atoms with E-state index in [1.807, 2.05) is 0 Å². The number of aromatic hydroxyl groups is 1. The van der Waals surface area contributed by atoms with Crippen molar-refractivity contribution in [3.63, 3.8) is 0 Å². The summed E-state index contributed by atoms with van der Waals surface area (Å²) in [6, 6.07) is 6.32. The van der Waals surface area contributed by atoms with Gasteiger partial charge in [0.15, 0.2) is 12.6 Å². The van der Waals surface area contributed by atoms with Crippen LogP contribution in [-0.2, 0) is 25.6 Å². The van der Waals surface area contributed by atoms with Crippen LogP contribution in [0.25, 0.3) is 0 Å². The average Bonchev–Trinajstić information content (AvgIpc) is 2.77. The van der Waals surface area contributed by atoms with Gasteiger partial charge in [-0.15, -0.1) is 0 Å². The third-order valence-electron chi connectivity index (χ3n) is 5.36. The van der Waals surface area contributed by atoms with E-state index >= 15 is 0 Å². The second-order valence-corrected chi connectivity index (χ2v) is 7.44. The lowest BCUT2D eigenvalue weighted by atomic mass is 9.97. The SMILES string of the molecule is OC[C@H]1O[C@H](O[C@@H]2[C@@H](O)[C@@H](OCc3ccccc3O)O[C@H](CO)[C@H]2O)[C@H](O)[C@@H](O)[C@@H]1O. The molecule has 0 bridgehead atoms. The molecule has 0 saturated carbocycles. The van der Waals surface area contributed by atoms with Crippen molar-refractivity contribution in [3.8, 4) is 5.75 Å². The Labute approximate surface area is 177 Å². The number of ether oxygens (including phenoxy) is 4. The summed E-state index contributed by atoms with van der Waals surface area (Å²) in [5.74, 6) is -0.0411. The number of hydrogen-bond donors (Lipinski definition) is 8. The molecule has 0 amide bonds. The van der Waals surface area contributed by atoms with Gasteiger partial charge in [0, 0.05) is 5.56 Å². The number of hydrogen-bond acceptors (Lipinski definition) is 12. The predicted octanol–water partition coefficient (Wildman–Crippen LogP) is -3.47. The molecule has 1 aromatic rings. The van der Waals surface area contributed by atoms with E-state index < -0.39 is 74.6 Å². The minimum Gasteiger partial charge on any atom is -0.508 e. The molecule has 8 N–H and O–H groups in total. The molecular formula is C19H28O12. The molecule has 0 aliphatic carbocycles. The van der Waals surface area contributed by atoms with E-state index in [2.05, 4.69) is 0 Å². The van der Waals surface area contributed by atoms with Crippen LogP contribution in [0, 0.1) is 0 Å². The van der Waals surface area contributed by atoms with Gasteiger partial charge >= 0.3 is 0 Å². The molecule has 0 aromatic heterocycles. The van der Waals surface area contributed by atoms with Gasteiger partial charge in [0.05, 0.1) is 19.8 Å². The first-order valence-electron chi connectivity index (χ1n) is 9.75. The van der Waals surface area contributed by atoms with Crippen LogP contribution in [0.2, 0.25) is 0 Å². The highest BCUT2D eigenvalue weighted by Gasteiger charge is 2.50. The highest BCUT2D eigenvalue weighted by atomic mass is 16.7. The zero-order chi connectivity index (χ0) is 22.7. The Morgan fingerprint density at radius 2 is 1.35 bits per heavy atom. The van der Waals surface area contributed by atoms with E-state index in [1.54, 1.807) is 18.2 Å². The fraction of sp³-hybridized carbons (Fsp3) is 0.684. The van der Waals surface area contributed by atoms with Crippen LogP contribution in [0.3, 0.4) is 0 Å². The lowest BCUT2D eigenvalue weighted by molar-refractivity contribution is -0.361. The number of phenols is 1. The lowest BCUT2D eigenvalue weighted by Crippen LogP contribution is -2.64. The Hall–Kier alpha value is -1.42. The number of rotatable bonds is 7. The molecule has 2 aliphatic heterocycles. The molecular weight excluding hydrogens is 420 g/mol. The first-order valence-corrected chi connectivity index (χ1v) is 9.75. The molecule has 31 heavy (non-hydrogen) atoms. The molecule has 12 nitrogen and oxygen atoms in total. The quantitative estimate of drug-likeness (QED) is 0.205. The third-order valence-corrected chi connectivity index (χ3v) is 5.36. The van der Waals surface area contributed by atoms with Gasteiger partial charge in [-0.25, -0.2) is 0 Å². The van der Waals surface area contributed by atoms with Crippen molar-refractivity contribution in [2.75, 3.05) is 13.2 Å². The maximum Gasteiger partial charge on any atom is 0.187 e. The van der Waals surface area contributed by atoms with Crippen molar-refractivity contribution in [3.05, 3.63) is 29.8 Å². The number of benzene rings is 1. The first-order chi connectivity index (χ1) is 14.8. The lowest BCUT2D eigenvalue weighted by Gasteiger charge is -2.45. The van der Waals surface area contributed by atoms with Crippen LogP contribution in [0.4, 0.5) is 0 Å². The molecule has 12 heteroatoms. The van der Waals surface area contributed by atoms with E-state index in [0.29, 0.717) is 5.56 Å². The number of para-hydroxylation sites is 1. The Balaban J connectivity index is 1.72. The number of aliphatic hydroxyl groups excluding tert-OH is 7. The van der Waals surface area contributed by atoms with Crippen molar-refractivity contribution in [1.82, 2.24) is 0 Å². The molecule has 10 atom stereocenters. The Kier molecular flexibility index (Phi) is 8.18. The van der Waals surface area contributed by atoms with Crippen molar-refractivity contribution >= 4 is 0 Å². The number of aliphatic hydroxyl groups is 7. The summed E-state index contributed by atoms with van der Waals surface area (Å²) in [6.07, 6.45) is -15.3. The monoisotopic (exact) mass is 448 g/mol. The second kappa shape index (κ2) is 10.5. The summed E-state index contributed by atoms with van der Waals surface area (Å²) in [5, 5.41) is 79.7. The molecule has 2 saturated heterocycles. The normalized spacial score (nSPS) is 41.3. The molecule has 2 heterocycles. The van der Waals surface area contributed by atoms with Gasteiger partial charge < -0.3 is 59.8 Å². The highest BCUT2D eigenvalue weighted by Crippen LogP contribution is 2.30. The van der Waals surface area contributed by atoms with Gasteiger partial charge in [-0.3, -0.25) is 0 Å². The topological polar surface area (TPSA) is 199 Å². The van der Waals surface area contributed by atoms with E-state index in [4.69, 9.17) is 18.9 Å². The highest BCUT2D eigenvalue weighted by molar-refractivity contribution is 5.30. The summed E-state index contributed by atoms with van der Waals surface area (Å²) >= 11 is 0. The second-order valence-electron chi connectivity index (χ2n) is 7.44. The van der Waals surface area contributed by atoms with E-state index in [9.17, 15) is 40.9 Å². The largest absolute Gasteiger partial charge is 0.508 e. The average molecular weight is 448 g/mol. The van der Waals surface area contributed by atoms with E-state index in [0.717, 1.165) is 0 Å². The summed E-state index contributed by atoms with van der Waals surface area (Å²) in [4.78, 5) is 0.